The lowest BCUT2D eigenvalue weighted by molar-refractivity contribution is 0.0770. The van der Waals surface area contributed by atoms with Gasteiger partial charge in [-0.1, -0.05) is 6.42 Å². The van der Waals surface area contributed by atoms with Crippen molar-refractivity contribution in [2.75, 3.05) is 27.2 Å². The number of carbonyl (C=O) groups excluding carboxylic acids is 1. The molecule has 3 rings (SSSR count). The molecule has 25 heavy (non-hydrogen) atoms. The van der Waals surface area contributed by atoms with Crippen LogP contribution in [0.25, 0.3) is 11.1 Å². The Bertz CT molecular complexity index is 726. The molecule has 134 valence electrons. The van der Waals surface area contributed by atoms with Crippen LogP contribution in [0, 0.1) is 0 Å². The van der Waals surface area contributed by atoms with Crippen molar-refractivity contribution in [1.82, 2.24) is 24.6 Å². The summed E-state index contributed by atoms with van der Waals surface area (Å²) >= 11 is 0. The van der Waals surface area contributed by atoms with Crippen LogP contribution in [0.4, 0.5) is 0 Å². The topological polar surface area (TPSA) is 54.3 Å². The zero-order valence-electron chi connectivity index (χ0n) is 15.4. The van der Waals surface area contributed by atoms with Crippen LogP contribution in [-0.2, 0) is 7.05 Å². The van der Waals surface area contributed by atoms with Crippen LogP contribution in [-0.4, -0.2) is 63.7 Å². The number of hydrogen-bond donors (Lipinski definition) is 0. The van der Waals surface area contributed by atoms with Gasteiger partial charge < -0.3 is 9.80 Å². The van der Waals surface area contributed by atoms with Gasteiger partial charge >= 0.3 is 0 Å². The van der Waals surface area contributed by atoms with Crippen LogP contribution in [0.1, 0.15) is 36.0 Å². The van der Waals surface area contributed by atoms with Crippen molar-refractivity contribution < 1.29 is 4.79 Å². The van der Waals surface area contributed by atoms with Gasteiger partial charge in [0.25, 0.3) is 5.91 Å². The van der Waals surface area contributed by atoms with Gasteiger partial charge in [0.1, 0.15) is 0 Å². The van der Waals surface area contributed by atoms with Crippen molar-refractivity contribution in [3.63, 3.8) is 0 Å². The van der Waals surface area contributed by atoms with E-state index in [1.165, 1.54) is 25.8 Å². The number of likely N-dealkylation sites (tertiary alicyclic amines) is 1. The van der Waals surface area contributed by atoms with E-state index in [1.807, 2.05) is 31.3 Å². The minimum absolute atomic E-state index is 0.0247. The number of hydrogen-bond acceptors (Lipinski definition) is 4. The highest BCUT2D eigenvalue weighted by Crippen LogP contribution is 2.20. The molecule has 3 heterocycles. The van der Waals surface area contributed by atoms with Crippen molar-refractivity contribution in [1.29, 1.82) is 0 Å². The minimum atomic E-state index is 0.0247. The number of nitrogens with zero attached hydrogens (tertiary/aromatic N) is 5. The molecule has 1 unspecified atom stereocenters. The molecule has 1 aliphatic rings. The third-order valence-corrected chi connectivity index (χ3v) is 5.09. The summed E-state index contributed by atoms with van der Waals surface area (Å²) in [6, 6.07) is 2.49. The zero-order chi connectivity index (χ0) is 17.8. The van der Waals surface area contributed by atoms with E-state index >= 15 is 0 Å². The number of aryl methyl sites for hydroxylation is 1. The second-order valence-electron chi connectivity index (χ2n) is 7.01. The molecule has 0 N–H and O–H groups in total. The Hall–Kier alpha value is -2.21. The van der Waals surface area contributed by atoms with Crippen LogP contribution in [0.3, 0.4) is 0 Å². The molecule has 2 aromatic rings. The number of pyridine rings is 1. The Morgan fingerprint density at radius 2 is 2.08 bits per heavy atom. The Morgan fingerprint density at radius 1 is 1.24 bits per heavy atom. The van der Waals surface area contributed by atoms with Gasteiger partial charge in [-0.3, -0.25) is 14.5 Å². The smallest absolute Gasteiger partial charge is 0.255 e. The van der Waals surface area contributed by atoms with E-state index in [1.54, 1.807) is 23.3 Å². The molecule has 6 nitrogen and oxygen atoms in total. The zero-order valence-corrected chi connectivity index (χ0v) is 15.4. The standard InChI is InChI=1S/C19H27N5O/c1-22-8-5-4-6-18(22)7-9-23(2)19(25)16-10-15(11-20-12-16)17-13-21-24(3)14-17/h10-14,18H,4-9H2,1-3H3. The normalized spacial score (nSPS) is 18.3. The van der Waals surface area contributed by atoms with Crippen molar-refractivity contribution in [2.24, 2.45) is 7.05 Å². The Balaban J connectivity index is 1.63. The van der Waals surface area contributed by atoms with E-state index in [2.05, 4.69) is 22.0 Å². The van der Waals surface area contributed by atoms with Crippen LogP contribution in [0.5, 0.6) is 0 Å². The minimum Gasteiger partial charge on any atom is -0.342 e. The van der Waals surface area contributed by atoms with E-state index in [9.17, 15) is 4.79 Å². The number of rotatable bonds is 5. The van der Waals surface area contributed by atoms with Crippen LogP contribution in [0.2, 0.25) is 0 Å². The first kappa shape index (κ1) is 17.6. The van der Waals surface area contributed by atoms with Gasteiger partial charge in [-0.05, 0) is 38.9 Å². The van der Waals surface area contributed by atoms with Gasteiger partial charge in [0.2, 0.25) is 0 Å². The van der Waals surface area contributed by atoms with Crippen molar-refractivity contribution in [3.8, 4) is 11.1 Å². The number of aromatic nitrogens is 3. The molecule has 1 atom stereocenters. The van der Waals surface area contributed by atoms with Crippen molar-refractivity contribution in [3.05, 3.63) is 36.4 Å². The summed E-state index contributed by atoms with van der Waals surface area (Å²) in [7, 11) is 5.94. The van der Waals surface area contributed by atoms with Gasteiger partial charge in [0.05, 0.1) is 11.8 Å². The molecule has 2 aromatic heterocycles. The molecule has 0 bridgehead atoms. The molecule has 1 amide bonds. The van der Waals surface area contributed by atoms with Gasteiger partial charge in [-0.25, -0.2) is 0 Å². The van der Waals surface area contributed by atoms with E-state index < -0.39 is 0 Å². The van der Waals surface area contributed by atoms with E-state index in [0.717, 1.165) is 24.1 Å². The van der Waals surface area contributed by atoms with E-state index in [-0.39, 0.29) is 5.91 Å². The van der Waals surface area contributed by atoms with E-state index in [0.29, 0.717) is 11.6 Å². The lowest BCUT2D eigenvalue weighted by atomic mass is 10.00. The first-order valence-corrected chi connectivity index (χ1v) is 8.94. The number of amides is 1. The highest BCUT2D eigenvalue weighted by Gasteiger charge is 2.20. The van der Waals surface area contributed by atoms with Gasteiger partial charge in [0, 0.05) is 56.4 Å². The lowest BCUT2D eigenvalue weighted by Gasteiger charge is -2.33. The third kappa shape index (κ3) is 4.25. The van der Waals surface area contributed by atoms with Crippen LogP contribution >= 0.6 is 0 Å². The van der Waals surface area contributed by atoms with Crippen LogP contribution in [0.15, 0.2) is 30.9 Å². The maximum absolute atomic E-state index is 12.7. The molecule has 1 fully saturated rings. The second kappa shape index (κ2) is 7.78. The molecule has 0 aliphatic carbocycles. The first-order valence-electron chi connectivity index (χ1n) is 8.94. The fourth-order valence-corrected chi connectivity index (χ4v) is 3.46. The monoisotopic (exact) mass is 341 g/mol. The van der Waals surface area contributed by atoms with Crippen LogP contribution < -0.4 is 0 Å². The number of piperidine rings is 1. The lowest BCUT2D eigenvalue weighted by Crippen LogP contribution is -2.39. The first-order chi connectivity index (χ1) is 12.0. The molecule has 1 aliphatic heterocycles. The third-order valence-electron chi connectivity index (χ3n) is 5.09. The van der Waals surface area contributed by atoms with Gasteiger partial charge in [0.15, 0.2) is 0 Å². The predicted molar refractivity (Wildman–Crippen MR) is 98.3 cm³/mol. The van der Waals surface area contributed by atoms with Gasteiger partial charge in [-0.15, -0.1) is 0 Å². The van der Waals surface area contributed by atoms with Gasteiger partial charge in [-0.2, -0.15) is 5.10 Å². The molecule has 0 saturated carbocycles. The summed E-state index contributed by atoms with van der Waals surface area (Å²) in [4.78, 5) is 21.2. The van der Waals surface area contributed by atoms with E-state index in [4.69, 9.17) is 0 Å². The second-order valence-corrected chi connectivity index (χ2v) is 7.01. The quantitative estimate of drug-likeness (QED) is 0.838. The Morgan fingerprint density at radius 3 is 2.80 bits per heavy atom. The molecule has 6 heteroatoms. The molecule has 0 radical (unpaired) electrons. The average Bonchev–Trinajstić information content (AvgIpc) is 3.07. The molecule has 0 aromatic carbocycles. The summed E-state index contributed by atoms with van der Waals surface area (Å²) in [5, 5.41) is 4.18. The molecular formula is C19H27N5O. The summed E-state index contributed by atoms with van der Waals surface area (Å²) < 4.78 is 1.75. The molecule has 0 spiro atoms. The summed E-state index contributed by atoms with van der Waals surface area (Å²) in [5.74, 6) is 0.0247. The molecular weight excluding hydrogens is 314 g/mol. The summed E-state index contributed by atoms with van der Waals surface area (Å²) in [6.45, 7) is 1.93. The highest BCUT2D eigenvalue weighted by atomic mass is 16.2. The maximum atomic E-state index is 12.7. The van der Waals surface area contributed by atoms with Crippen molar-refractivity contribution >= 4 is 5.91 Å². The largest absolute Gasteiger partial charge is 0.342 e. The summed E-state index contributed by atoms with van der Waals surface area (Å²) in [6.07, 6.45) is 12.0. The number of carbonyl (C=O) groups is 1. The fourth-order valence-electron chi connectivity index (χ4n) is 3.46. The highest BCUT2D eigenvalue weighted by molar-refractivity contribution is 5.94. The maximum Gasteiger partial charge on any atom is 0.255 e. The Labute approximate surface area is 149 Å². The Kier molecular flexibility index (Phi) is 5.48. The fraction of sp³-hybridized carbons (Fsp3) is 0.526. The molecule has 1 saturated heterocycles. The van der Waals surface area contributed by atoms with Crippen molar-refractivity contribution in [2.45, 2.75) is 31.7 Å². The SMILES string of the molecule is CN(CCC1CCCCN1C)C(=O)c1cncc(-c2cnn(C)c2)c1. The summed E-state index contributed by atoms with van der Waals surface area (Å²) in [5.41, 5.74) is 2.51. The average molecular weight is 341 g/mol. The predicted octanol–water partition coefficient (Wildman–Crippen LogP) is 2.43.